The molecule has 0 bridgehead atoms. The van der Waals surface area contributed by atoms with E-state index in [1.165, 1.54) is 11.3 Å². The second-order valence-electron chi connectivity index (χ2n) is 4.18. The molecule has 0 fully saturated rings. The molecule has 0 saturated heterocycles. The normalized spacial score (nSPS) is 10.9. The molecule has 0 spiro atoms. The van der Waals surface area contributed by atoms with Gasteiger partial charge in [0.1, 0.15) is 0 Å². The summed E-state index contributed by atoms with van der Waals surface area (Å²) in [6.45, 7) is 1.20. The first kappa shape index (κ1) is 19.0. The first-order valence-corrected chi connectivity index (χ1v) is 8.85. The van der Waals surface area contributed by atoms with Gasteiger partial charge in [-0.05, 0) is 6.42 Å². The van der Waals surface area contributed by atoms with Gasteiger partial charge in [0, 0.05) is 36.6 Å². The monoisotopic (exact) mass is 356 g/mol. The molecule has 0 unspecified atom stereocenters. The van der Waals surface area contributed by atoms with Gasteiger partial charge in [-0.3, -0.25) is 10.3 Å². The average molecular weight is 356 g/mol. The van der Waals surface area contributed by atoms with Crippen molar-refractivity contribution in [1.29, 1.82) is 5.26 Å². The van der Waals surface area contributed by atoms with Crippen LogP contribution in [0.2, 0.25) is 0 Å². The molecule has 9 nitrogen and oxygen atoms in total. The van der Waals surface area contributed by atoms with Crippen LogP contribution in [0, 0.1) is 11.5 Å². The van der Waals surface area contributed by atoms with Crippen LogP contribution in [0.1, 0.15) is 12.1 Å². The van der Waals surface area contributed by atoms with Crippen LogP contribution >= 0.6 is 23.1 Å². The number of nitriles is 1. The third-order valence-corrected chi connectivity index (χ3v) is 4.09. The van der Waals surface area contributed by atoms with E-state index in [0.29, 0.717) is 30.6 Å². The van der Waals surface area contributed by atoms with Crippen LogP contribution in [-0.2, 0) is 5.75 Å². The second kappa shape index (κ2) is 11.5. The highest BCUT2D eigenvalue weighted by molar-refractivity contribution is 7.98. The van der Waals surface area contributed by atoms with Crippen molar-refractivity contribution >= 4 is 40.1 Å². The number of aliphatic hydroxyl groups excluding tert-OH is 1. The predicted octanol–water partition coefficient (Wildman–Crippen LogP) is -0.320. The van der Waals surface area contributed by atoms with Crippen molar-refractivity contribution in [1.82, 2.24) is 15.6 Å². The Morgan fingerprint density at radius 3 is 3.04 bits per heavy atom. The molecule has 1 rings (SSSR count). The van der Waals surface area contributed by atoms with Crippen LogP contribution in [0.4, 0.5) is 5.13 Å². The summed E-state index contributed by atoms with van der Waals surface area (Å²) in [6.07, 6.45) is 2.39. The fourth-order valence-electron chi connectivity index (χ4n) is 1.40. The Labute approximate surface area is 142 Å². The summed E-state index contributed by atoms with van der Waals surface area (Å²) < 4.78 is 0. The quantitative estimate of drug-likeness (QED) is 0.132. The van der Waals surface area contributed by atoms with Gasteiger partial charge in [0.2, 0.25) is 11.1 Å². The smallest absolute Gasteiger partial charge is 0.212 e. The molecule has 7 N–H and O–H groups in total. The maximum Gasteiger partial charge on any atom is 0.212 e. The highest BCUT2D eigenvalue weighted by atomic mass is 32.2. The number of hydrogen-bond donors (Lipinski definition) is 5. The summed E-state index contributed by atoms with van der Waals surface area (Å²) >= 11 is 3.08. The molecule has 11 heteroatoms. The molecule has 0 aromatic carbocycles. The van der Waals surface area contributed by atoms with E-state index in [1.54, 1.807) is 11.8 Å². The summed E-state index contributed by atoms with van der Waals surface area (Å²) in [5.74, 6) is 1.99. The van der Waals surface area contributed by atoms with Gasteiger partial charge in [0.15, 0.2) is 12.2 Å². The van der Waals surface area contributed by atoms with Crippen molar-refractivity contribution in [2.45, 2.75) is 12.2 Å². The zero-order chi connectivity index (χ0) is 16.9. The standard InChI is InChI=1S/C12H20N8OS2/c13-8-18-11(16-2-1-4-21)17-3-5-22-6-9-7-23-12(19-9)20-10(14)15/h7,21H,1-6H2,(H2,16,17,18)(H4,14,15,19,20). The Morgan fingerprint density at radius 2 is 2.35 bits per heavy atom. The number of nitrogens with zero attached hydrogens (tertiary/aromatic N) is 4. The van der Waals surface area contributed by atoms with Crippen molar-refractivity contribution < 1.29 is 5.11 Å². The van der Waals surface area contributed by atoms with Crippen molar-refractivity contribution in [3.05, 3.63) is 11.1 Å². The summed E-state index contributed by atoms with van der Waals surface area (Å²) in [7, 11) is 0. The fraction of sp³-hybridized carbons (Fsp3) is 0.500. The Morgan fingerprint density at radius 1 is 1.52 bits per heavy atom. The number of aromatic nitrogens is 1. The summed E-state index contributed by atoms with van der Waals surface area (Å²) in [4.78, 5) is 12.3. The highest BCUT2D eigenvalue weighted by Gasteiger charge is 2.02. The van der Waals surface area contributed by atoms with Crippen LogP contribution < -0.4 is 22.1 Å². The number of thioether (sulfide) groups is 1. The van der Waals surface area contributed by atoms with Gasteiger partial charge in [-0.15, -0.1) is 11.3 Å². The van der Waals surface area contributed by atoms with Crippen LogP contribution in [0.5, 0.6) is 0 Å². The Balaban J connectivity index is 2.25. The number of aliphatic hydroxyl groups is 1. The van der Waals surface area contributed by atoms with Gasteiger partial charge in [0.25, 0.3) is 0 Å². The van der Waals surface area contributed by atoms with Crippen molar-refractivity contribution in [2.75, 3.05) is 25.4 Å². The lowest BCUT2D eigenvalue weighted by molar-refractivity contribution is 0.291. The number of nitrogens with two attached hydrogens (primary N) is 2. The second-order valence-corrected chi connectivity index (χ2v) is 6.12. The van der Waals surface area contributed by atoms with E-state index < -0.39 is 0 Å². The van der Waals surface area contributed by atoms with Crippen LogP contribution in [0.15, 0.2) is 15.4 Å². The van der Waals surface area contributed by atoms with Crippen LogP contribution in [-0.4, -0.2) is 47.5 Å². The van der Waals surface area contributed by atoms with Crippen LogP contribution in [0.25, 0.3) is 0 Å². The van der Waals surface area contributed by atoms with Crippen LogP contribution in [0.3, 0.4) is 0 Å². The number of aliphatic imine (C=N–C) groups is 2. The average Bonchev–Trinajstić information content (AvgIpc) is 2.93. The molecule has 0 saturated carbocycles. The first-order valence-electron chi connectivity index (χ1n) is 6.81. The number of nitrogens with one attached hydrogen (secondary N) is 2. The third kappa shape index (κ3) is 8.87. The molecule has 0 aliphatic rings. The number of rotatable bonds is 9. The molecule has 23 heavy (non-hydrogen) atoms. The van der Waals surface area contributed by atoms with E-state index in [1.807, 2.05) is 11.6 Å². The van der Waals surface area contributed by atoms with E-state index >= 15 is 0 Å². The zero-order valence-corrected chi connectivity index (χ0v) is 14.2. The predicted molar refractivity (Wildman–Crippen MR) is 94.5 cm³/mol. The lowest BCUT2D eigenvalue weighted by Gasteiger charge is -2.07. The number of hydrogen-bond acceptors (Lipinski definition) is 7. The maximum absolute atomic E-state index is 8.71. The van der Waals surface area contributed by atoms with Gasteiger partial charge in [-0.2, -0.15) is 22.0 Å². The Kier molecular flexibility index (Phi) is 9.53. The van der Waals surface area contributed by atoms with Gasteiger partial charge in [-0.25, -0.2) is 4.98 Å². The van der Waals surface area contributed by atoms with Gasteiger partial charge < -0.3 is 21.9 Å². The number of guanidine groups is 2. The number of thiazole rings is 1. The van der Waals surface area contributed by atoms with E-state index in [2.05, 4.69) is 25.6 Å². The van der Waals surface area contributed by atoms with E-state index in [9.17, 15) is 0 Å². The minimum absolute atomic E-state index is 0.000704. The fourth-order valence-corrected chi connectivity index (χ4v) is 2.96. The van der Waals surface area contributed by atoms with E-state index in [0.717, 1.165) is 17.2 Å². The molecule has 126 valence electrons. The summed E-state index contributed by atoms with van der Waals surface area (Å²) in [6, 6.07) is 0. The van der Waals surface area contributed by atoms with Gasteiger partial charge in [0.05, 0.1) is 5.69 Å². The van der Waals surface area contributed by atoms with E-state index in [-0.39, 0.29) is 12.6 Å². The molecule has 0 aliphatic carbocycles. The minimum atomic E-state index is 0.000704. The summed E-state index contributed by atoms with van der Waals surface area (Å²) in [5.41, 5.74) is 11.5. The minimum Gasteiger partial charge on any atom is -0.396 e. The van der Waals surface area contributed by atoms with Gasteiger partial charge >= 0.3 is 0 Å². The molecule has 0 radical (unpaired) electrons. The first-order chi connectivity index (χ1) is 11.2. The molecule has 0 aliphatic heterocycles. The molecule has 0 atom stereocenters. The van der Waals surface area contributed by atoms with E-state index in [4.69, 9.17) is 21.8 Å². The van der Waals surface area contributed by atoms with Crippen molar-refractivity contribution in [3.63, 3.8) is 0 Å². The molecular formula is C12H20N8OS2. The third-order valence-electron chi connectivity index (χ3n) is 2.31. The lowest BCUT2D eigenvalue weighted by atomic mass is 10.5. The zero-order valence-electron chi connectivity index (χ0n) is 12.5. The maximum atomic E-state index is 8.71. The molecule has 1 aromatic rings. The Bertz CT molecular complexity index is 562. The molecule has 1 heterocycles. The topological polar surface area (TPSA) is 158 Å². The largest absolute Gasteiger partial charge is 0.396 e. The van der Waals surface area contributed by atoms with Gasteiger partial charge in [-0.1, -0.05) is 0 Å². The molecule has 1 aromatic heterocycles. The highest BCUT2D eigenvalue weighted by Crippen LogP contribution is 2.21. The SMILES string of the molecule is N#CNC(=NCCCO)NCCSCc1csc(N=C(N)N)n1. The molecule has 0 amide bonds. The lowest BCUT2D eigenvalue weighted by Crippen LogP contribution is -2.36. The summed E-state index contributed by atoms with van der Waals surface area (Å²) in [5, 5.41) is 25.3. The van der Waals surface area contributed by atoms with Crippen molar-refractivity contribution in [3.8, 4) is 6.19 Å². The Hall–Kier alpha value is -2.03. The molecular weight excluding hydrogens is 336 g/mol. The van der Waals surface area contributed by atoms with Crippen molar-refractivity contribution in [2.24, 2.45) is 21.5 Å².